The molecule has 2 N–H and O–H groups in total. The predicted molar refractivity (Wildman–Crippen MR) is 56.4 cm³/mol. The maximum atomic E-state index is 10.8. The molecule has 0 aromatic rings. The van der Waals surface area contributed by atoms with Crippen LogP contribution in [0.4, 0.5) is 0 Å². The lowest BCUT2D eigenvalue weighted by Gasteiger charge is -2.18. The first kappa shape index (κ1) is 12.9. The van der Waals surface area contributed by atoms with Gasteiger partial charge in [0, 0.05) is 18.1 Å². The van der Waals surface area contributed by atoms with E-state index in [9.17, 15) is 8.42 Å². The van der Waals surface area contributed by atoms with Crippen LogP contribution >= 0.6 is 0 Å². The summed E-state index contributed by atoms with van der Waals surface area (Å²) in [6.07, 6.45) is 3.96. The molecule has 0 aliphatic rings. The van der Waals surface area contributed by atoms with Gasteiger partial charge in [-0.05, 0) is 25.7 Å². The maximum Gasteiger partial charge on any atom is 0.147 e. The van der Waals surface area contributed by atoms with Crippen molar-refractivity contribution in [3.63, 3.8) is 0 Å². The SMILES string of the molecule is CCC(CCCS(C)(=O)=O)C(C)N. The largest absolute Gasteiger partial charge is 0.328 e. The van der Waals surface area contributed by atoms with Crippen LogP contribution in [-0.4, -0.2) is 26.5 Å². The van der Waals surface area contributed by atoms with E-state index in [4.69, 9.17) is 5.73 Å². The fraction of sp³-hybridized carbons (Fsp3) is 1.00. The Kier molecular flexibility index (Phi) is 5.56. The molecule has 2 atom stereocenters. The smallest absolute Gasteiger partial charge is 0.147 e. The van der Waals surface area contributed by atoms with Gasteiger partial charge >= 0.3 is 0 Å². The minimum atomic E-state index is -2.79. The van der Waals surface area contributed by atoms with Crippen LogP contribution < -0.4 is 5.73 Å². The summed E-state index contributed by atoms with van der Waals surface area (Å²) >= 11 is 0. The summed E-state index contributed by atoms with van der Waals surface area (Å²) in [5.41, 5.74) is 5.75. The van der Waals surface area contributed by atoms with E-state index >= 15 is 0 Å². The van der Waals surface area contributed by atoms with Crippen molar-refractivity contribution in [1.82, 2.24) is 0 Å². The number of hydrogen-bond acceptors (Lipinski definition) is 3. The van der Waals surface area contributed by atoms with Crippen molar-refractivity contribution in [3.8, 4) is 0 Å². The van der Waals surface area contributed by atoms with Gasteiger partial charge in [0.15, 0.2) is 0 Å². The topological polar surface area (TPSA) is 60.2 Å². The third-order valence-electron chi connectivity index (χ3n) is 2.36. The molecular formula is C9H21NO2S. The normalized spacial score (nSPS) is 16.9. The molecular weight excluding hydrogens is 186 g/mol. The van der Waals surface area contributed by atoms with Crippen LogP contribution in [0.15, 0.2) is 0 Å². The molecule has 0 radical (unpaired) electrons. The summed E-state index contributed by atoms with van der Waals surface area (Å²) in [4.78, 5) is 0. The molecule has 0 saturated heterocycles. The van der Waals surface area contributed by atoms with Crippen LogP contribution in [0.3, 0.4) is 0 Å². The molecule has 0 bridgehead atoms. The second-order valence-electron chi connectivity index (χ2n) is 3.80. The zero-order chi connectivity index (χ0) is 10.5. The first-order valence-corrected chi connectivity index (χ1v) is 6.86. The van der Waals surface area contributed by atoms with Crippen LogP contribution in [0.2, 0.25) is 0 Å². The Balaban J connectivity index is 3.74. The molecule has 3 nitrogen and oxygen atoms in total. The molecule has 0 aliphatic carbocycles. The molecule has 13 heavy (non-hydrogen) atoms. The highest BCUT2D eigenvalue weighted by Gasteiger charge is 2.12. The van der Waals surface area contributed by atoms with Gasteiger partial charge in [0.1, 0.15) is 9.84 Å². The summed E-state index contributed by atoms with van der Waals surface area (Å²) in [6.45, 7) is 4.07. The van der Waals surface area contributed by atoms with Gasteiger partial charge in [-0.15, -0.1) is 0 Å². The molecule has 0 rings (SSSR count). The summed E-state index contributed by atoms with van der Waals surface area (Å²) in [5, 5.41) is 0. The van der Waals surface area contributed by atoms with Crippen molar-refractivity contribution in [2.45, 2.75) is 39.2 Å². The zero-order valence-electron chi connectivity index (χ0n) is 8.79. The Morgan fingerprint density at radius 3 is 2.23 bits per heavy atom. The van der Waals surface area contributed by atoms with E-state index in [1.807, 2.05) is 6.92 Å². The molecule has 0 amide bonds. The molecule has 80 valence electrons. The Hall–Kier alpha value is -0.0900. The van der Waals surface area contributed by atoms with E-state index in [-0.39, 0.29) is 11.8 Å². The summed E-state index contributed by atoms with van der Waals surface area (Å²) < 4.78 is 21.7. The standard InChI is InChI=1S/C9H21NO2S/c1-4-9(8(2)10)6-5-7-13(3,11)12/h8-9H,4-7,10H2,1-3H3. The summed E-state index contributed by atoms with van der Waals surface area (Å²) in [6, 6.07) is 0.171. The average molecular weight is 207 g/mol. The summed E-state index contributed by atoms with van der Waals surface area (Å²) in [5.74, 6) is 0.748. The molecule has 0 heterocycles. The van der Waals surface area contributed by atoms with Gasteiger partial charge in [-0.25, -0.2) is 8.42 Å². The average Bonchev–Trinajstić information content (AvgIpc) is 1.95. The molecule has 0 aromatic heterocycles. The Morgan fingerprint density at radius 2 is 1.92 bits per heavy atom. The fourth-order valence-electron chi connectivity index (χ4n) is 1.45. The summed E-state index contributed by atoms with van der Waals surface area (Å²) in [7, 11) is -2.79. The molecule has 0 aliphatic heterocycles. The third-order valence-corrected chi connectivity index (χ3v) is 3.39. The Bertz CT molecular complexity index is 222. The number of rotatable bonds is 6. The van der Waals surface area contributed by atoms with Crippen molar-refractivity contribution >= 4 is 9.84 Å². The van der Waals surface area contributed by atoms with Crippen LogP contribution in [0.1, 0.15) is 33.1 Å². The van der Waals surface area contributed by atoms with E-state index in [2.05, 4.69) is 6.92 Å². The van der Waals surface area contributed by atoms with Crippen LogP contribution in [0.25, 0.3) is 0 Å². The number of sulfone groups is 1. The minimum absolute atomic E-state index is 0.171. The van der Waals surface area contributed by atoms with E-state index in [1.165, 1.54) is 6.26 Å². The molecule has 0 spiro atoms. The van der Waals surface area contributed by atoms with Crippen LogP contribution in [0, 0.1) is 5.92 Å². The molecule has 0 aromatic carbocycles. The zero-order valence-corrected chi connectivity index (χ0v) is 9.60. The lowest BCUT2D eigenvalue weighted by atomic mass is 9.94. The van der Waals surface area contributed by atoms with Crippen LogP contribution in [-0.2, 0) is 9.84 Å². The van der Waals surface area contributed by atoms with Gasteiger partial charge in [0.25, 0.3) is 0 Å². The third kappa shape index (κ3) is 7.02. The Morgan fingerprint density at radius 1 is 1.38 bits per heavy atom. The highest BCUT2D eigenvalue weighted by Crippen LogP contribution is 2.14. The first-order valence-electron chi connectivity index (χ1n) is 4.80. The van der Waals surface area contributed by atoms with Gasteiger partial charge in [-0.1, -0.05) is 13.3 Å². The van der Waals surface area contributed by atoms with Gasteiger partial charge in [0.05, 0.1) is 0 Å². The van der Waals surface area contributed by atoms with Gasteiger partial charge in [-0.3, -0.25) is 0 Å². The second kappa shape index (κ2) is 5.60. The molecule has 4 heteroatoms. The second-order valence-corrected chi connectivity index (χ2v) is 6.06. The van der Waals surface area contributed by atoms with E-state index in [1.54, 1.807) is 0 Å². The molecule has 2 unspecified atom stereocenters. The molecule has 0 fully saturated rings. The lowest BCUT2D eigenvalue weighted by Crippen LogP contribution is -2.26. The minimum Gasteiger partial charge on any atom is -0.328 e. The van der Waals surface area contributed by atoms with Crippen LogP contribution in [0.5, 0.6) is 0 Å². The van der Waals surface area contributed by atoms with E-state index in [0.717, 1.165) is 19.3 Å². The van der Waals surface area contributed by atoms with Gasteiger partial charge in [-0.2, -0.15) is 0 Å². The predicted octanol–water partition coefficient (Wildman–Crippen LogP) is 1.18. The maximum absolute atomic E-state index is 10.8. The Labute approximate surface area is 81.6 Å². The highest BCUT2D eigenvalue weighted by atomic mass is 32.2. The van der Waals surface area contributed by atoms with E-state index < -0.39 is 9.84 Å². The first-order chi connectivity index (χ1) is 5.87. The quantitative estimate of drug-likeness (QED) is 0.711. The fourth-order valence-corrected chi connectivity index (χ4v) is 2.14. The van der Waals surface area contributed by atoms with E-state index in [0.29, 0.717) is 5.92 Å². The van der Waals surface area contributed by atoms with Crippen molar-refractivity contribution in [2.24, 2.45) is 11.7 Å². The van der Waals surface area contributed by atoms with Crippen molar-refractivity contribution in [3.05, 3.63) is 0 Å². The van der Waals surface area contributed by atoms with Crippen molar-refractivity contribution in [1.29, 1.82) is 0 Å². The number of hydrogen-bond donors (Lipinski definition) is 1. The van der Waals surface area contributed by atoms with Gasteiger partial charge < -0.3 is 5.73 Å². The van der Waals surface area contributed by atoms with Crippen molar-refractivity contribution < 1.29 is 8.42 Å². The highest BCUT2D eigenvalue weighted by molar-refractivity contribution is 7.90. The monoisotopic (exact) mass is 207 g/mol. The lowest BCUT2D eigenvalue weighted by molar-refractivity contribution is 0.397. The number of nitrogens with two attached hydrogens (primary N) is 1. The van der Waals surface area contributed by atoms with Gasteiger partial charge in [0.2, 0.25) is 0 Å². The van der Waals surface area contributed by atoms with Crippen molar-refractivity contribution in [2.75, 3.05) is 12.0 Å². The molecule has 0 saturated carbocycles.